The second kappa shape index (κ2) is 16.5. The zero-order valence-corrected chi connectivity index (χ0v) is 24.5. The molecule has 0 fully saturated rings. The number of aliphatic carboxylic acids is 1. The topological polar surface area (TPSA) is 170 Å². The Hall–Kier alpha value is -3.54. The molecule has 226 valence electrons. The molecule has 0 saturated carbocycles. The third kappa shape index (κ3) is 12.5. The van der Waals surface area contributed by atoms with E-state index in [4.69, 9.17) is 34.2 Å². The van der Waals surface area contributed by atoms with Gasteiger partial charge in [0.05, 0.1) is 13.2 Å². The highest BCUT2D eigenvalue weighted by Gasteiger charge is 2.31. The summed E-state index contributed by atoms with van der Waals surface area (Å²) in [6.07, 6.45) is -4.14. The van der Waals surface area contributed by atoms with Crippen molar-refractivity contribution in [3.8, 4) is 11.5 Å². The molecule has 3 unspecified atom stereocenters. The normalized spacial score (nSPS) is 14.2. The van der Waals surface area contributed by atoms with E-state index >= 15 is 0 Å². The Kier molecular flexibility index (Phi) is 14.3. The number of hydrogen-bond acceptors (Lipinski definition) is 11. The number of hydrogen-bond donors (Lipinski definition) is 2. The number of carboxylic acid groups (broad SMARTS) is 1. The van der Waals surface area contributed by atoms with Crippen LogP contribution in [0.15, 0.2) is 18.2 Å². The number of carboxylic acids is 1. The van der Waals surface area contributed by atoms with Crippen molar-refractivity contribution in [3.05, 3.63) is 23.8 Å². The maximum Gasteiger partial charge on any atom is 0.513 e. The van der Waals surface area contributed by atoms with Crippen LogP contribution in [0.3, 0.4) is 0 Å². The molecule has 0 heterocycles. The lowest BCUT2D eigenvalue weighted by atomic mass is 9.87. The van der Waals surface area contributed by atoms with Gasteiger partial charge in [0.1, 0.15) is 18.2 Å². The molecule has 0 aromatic heterocycles. The fourth-order valence-electron chi connectivity index (χ4n) is 3.18. The molecule has 0 aliphatic carbocycles. The SMILES string of the molecule is CC(C)COC(=O)Oc1ccc(C(CC(C)OC(=O)OC(C)C(C)C)[C@H](N)C(=O)O)cc1OC(=O)OCC(C)C. The Balaban J connectivity index is 3.27. The van der Waals surface area contributed by atoms with E-state index < -0.39 is 42.5 Å². The fourth-order valence-corrected chi connectivity index (χ4v) is 3.18. The second-order valence-electron chi connectivity index (χ2n) is 10.8. The predicted octanol–water partition coefficient (Wildman–Crippen LogP) is 5.50. The summed E-state index contributed by atoms with van der Waals surface area (Å²) in [5, 5.41) is 9.65. The Morgan fingerprint density at radius 1 is 0.775 bits per heavy atom. The van der Waals surface area contributed by atoms with Gasteiger partial charge in [-0.2, -0.15) is 0 Å². The molecule has 12 nitrogen and oxygen atoms in total. The van der Waals surface area contributed by atoms with Gasteiger partial charge in [-0.1, -0.05) is 47.6 Å². The molecule has 40 heavy (non-hydrogen) atoms. The van der Waals surface area contributed by atoms with Crippen molar-refractivity contribution in [2.24, 2.45) is 23.5 Å². The Morgan fingerprint density at radius 3 is 1.77 bits per heavy atom. The molecule has 1 rings (SSSR count). The highest BCUT2D eigenvalue weighted by atomic mass is 16.7. The molecule has 12 heteroatoms. The predicted molar refractivity (Wildman–Crippen MR) is 144 cm³/mol. The summed E-state index contributed by atoms with van der Waals surface area (Å²) in [5.74, 6) is -2.40. The van der Waals surface area contributed by atoms with Crippen LogP contribution >= 0.6 is 0 Å². The number of rotatable bonds is 14. The van der Waals surface area contributed by atoms with Gasteiger partial charge in [0.25, 0.3) is 0 Å². The minimum atomic E-state index is -1.42. The van der Waals surface area contributed by atoms with Gasteiger partial charge in [-0.15, -0.1) is 0 Å². The van der Waals surface area contributed by atoms with Crippen LogP contribution in [0.1, 0.15) is 73.3 Å². The lowest BCUT2D eigenvalue weighted by Crippen LogP contribution is -2.38. The van der Waals surface area contributed by atoms with Crippen LogP contribution in [0.25, 0.3) is 0 Å². The van der Waals surface area contributed by atoms with E-state index in [2.05, 4.69) is 0 Å². The minimum absolute atomic E-state index is 0.00744. The fraction of sp³-hybridized carbons (Fsp3) is 0.643. The zero-order chi connectivity index (χ0) is 30.6. The van der Waals surface area contributed by atoms with Gasteiger partial charge in [0, 0.05) is 5.92 Å². The van der Waals surface area contributed by atoms with Gasteiger partial charge in [-0.3, -0.25) is 4.79 Å². The number of carbonyl (C=O) groups is 4. The van der Waals surface area contributed by atoms with E-state index in [1.165, 1.54) is 18.2 Å². The van der Waals surface area contributed by atoms with Gasteiger partial charge in [0.15, 0.2) is 11.5 Å². The van der Waals surface area contributed by atoms with Crippen molar-refractivity contribution in [1.29, 1.82) is 0 Å². The van der Waals surface area contributed by atoms with Crippen LogP contribution in [0, 0.1) is 17.8 Å². The maximum atomic E-state index is 12.3. The Bertz CT molecular complexity index is 992. The summed E-state index contributed by atoms with van der Waals surface area (Å²) in [4.78, 5) is 48.5. The molecule has 0 bridgehead atoms. The van der Waals surface area contributed by atoms with Crippen molar-refractivity contribution in [1.82, 2.24) is 0 Å². The van der Waals surface area contributed by atoms with Crippen LogP contribution in [0.4, 0.5) is 14.4 Å². The molecule has 0 radical (unpaired) electrons. The van der Waals surface area contributed by atoms with E-state index in [0.29, 0.717) is 5.56 Å². The van der Waals surface area contributed by atoms with Crippen molar-refractivity contribution < 1.29 is 52.7 Å². The van der Waals surface area contributed by atoms with Crippen LogP contribution in [-0.4, -0.2) is 61.0 Å². The number of carbonyl (C=O) groups excluding carboxylic acids is 3. The molecule has 1 aromatic carbocycles. The van der Waals surface area contributed by atoms with E-state index in [1.807, 2.05) is 41.5 Å². The summed E-state index contributed by atoms with van der Waals surface area (Å²) in [7, 11) is 0. The average Bonchev–Trinajstić information content (AvgIpc) is 2.85. The Labute approximate surface area is 235 Å². The minimum Gasteiger partial charge on any atom is -0.480 e. The first-order valence-corrected chi connectivity index (χ1v) is 13.3. The standard InChI is InChI=1S/C28H43NO11/c1-15(2)13-35-26(32)39-22-10-9-20(12-23(22)40-27(33)36-14-16(3)4)21(24(29)25(30)31)11-18(7)37-28(34)38-19(8)17(5)6/h9-10,12,15-19,21,24H,11,13-14,29H2,1-8H3,(H,30,31)/t18?,19?,21?,24-/m0/s1. The number of ether oxygens (including phenoxy) is 6. The molecule has 3 N–H and O–H groups in total. The Morgan fingerprint density at radius 2 is 1.30 bits per heavy atom. The summed E-state index contributed by atoms with van der Waals surface area (Å²) in [5.41, 5.74) is 6.33. The van der Waals surface area contributed by atoms with Crippen molar-refractivity contribution in [3.63, 3.8) is 0 Å². The number of benzene rings is 1. The van der Waals surface area contributed by atoms with Crippen molar-refractivity contribution in [2.75, 3.05) is 13.2 Å². The molecular weight excluding hydrogens is 526 g/mol. The van der Waals surface area contributed by atoms with Gasteiger partial charge < -0.3 is 39.3 Å². The van der Waals surface area contributed by atoms with Crippen molar-refractivity contribution in [2.45, 2.75) is 86.0 Å². The van der Waals surface area contributed by atoms with Crippen LogP contribution in [-0.2, 0) is 23.7 Å². The molecule has 0 aliphatic heterocycles. The lowest BCUT2D eigenvalue weighted by Gasteiger charge is -2.26. The van der Waals surface area contributed by atoms with Crippen LogP contribution in [0.5, 0.6) is 11.5 Å². The van der Waals surface area contributed by atoms with Gasteiger partial charge in [0.2, 0.25) is 0 Å². The monoisotopic (exact) mass is 569 g/mol. The van der Waals surface area contributed by atoms with Crippen LogP contribution in [0.2, 0.25) is 0 Å². The molecular formula is C28H43NO11. The third-order valence-electron chi connectivity index (χ3n) is 5.67. The molecule has 0 spiro atoms. The molecule has 0 saturated heterocycles. The van der Waals surface area contributed by atoms with E-state index in [0.717, 1.165) is 0 Å². The largest absolute Gasteiger partial charge is 0.513 e. The van der Waals surface area contributed by atoms with Crippen LogP contribution < -0.4 is 15.2 Å². The van der Waals surface area contributed by atoms with E-state index in [-0.39, 0.29) is 55.0 Å². The average molecular weight is 570 g/mol. The molecule has 0 aliphatic rings. The van der Waals surface area contributed by atoms with Gasteiger partial charge >= 0.3 is 24.4 Å². The molecule has 0 amide bonds. The quantitative estimate of drug-likeness (QED) is 0.164. The first kappa shape index (κ1) is 34.5. The summed E-state index contributed by atoms with van der Waals surface area (Å²) in [6, 6.07) is 2.70. The van der Waals surface area contributed by atoms with Gasteiger partial charge in [-0.05, 0) is 55.7 Å². The lowest BCUT2D eigenvalue weighted by molar-refractivity contribution is -0.139. The highest BCUT2D eigenvalue weighted by Crippen LogP contribution is 2.35. The summed E-state index contributed by atoms with van der Waals surface area (Å²) in [6.45, 7) is 14.7. The first-order valence-electron chi connectivity index (χ1n) is 13.3. The third-order valence-corrected chi connectivity index (χ3v) is 5.67. The van der Waals surface area contributed by atoms with Crippen molar-refractivity contribution >= 4 is 24.4 Å². The zero-order valence-electron chi connectivity index (χ0n) is 24.5. The summed E-state index contributed by atoms with van der Waals surface area (Å²) < 4.78 is 31.2. The highest BCUT2D eigenvalue weighted by molar-refractivity contribution is 5.75. The summed E-state index contributed by atoms with van der Waals surface area (Å²) >= 11 is 0. The van der Waals surface area contributed by atoms with E-state index in [1.54, 1.807) is 13.8 Å². The molecule has 4 atom stereocenters. The second-order valence-corrected chi connectivity index (χ2v) is 10.8. The van der Waals surface area contributed by atoms with Gasteiger partial charge in [-0.25, -0.2) is 14.4 Å². The maximum absolute atomic E-state index is 12.3. The number of nitrogens with two attached hydrogens (primary N) is 1. The smallest absolute Gasteiger partial charge is 0.480 e. The van der Waals surface area contributed by atoms with E-state index in [9.17, 15) is 24.3 Å². The first-order chi connectivity index (χ1) is 18.6. The molecule has 1 aromatic rings.